The van der Waals surface area contributed by atoms with Crippen LogP contribution < -0.4 is 14.8 Å². The van der Waals surface area contributed by atoms with E-state index < -0.39 is 10.0 Å². The molecule has 1 atom stereocenters. The second-order valence-corrected chi connectivity index (χ2v) is 7.33. The lowest BCUT2D eigenvalue weighted by Gasteiger charge is -2.12. The van der Waals surface area contributed by atoms with Crippen LogP contribution in [0.5, 0.6) is 5.75 Å². The summed E-state index contributed by atoms with van der Waals surface area (Å²) in [5, 5.41) is 2.84. The Kier molecular flexibility index (Phi) is 6.03. The third-order valence-electron chi connectivity index (χ3n) is 3.74. The Bertz CT molecular complexity index is 832. The van der Waals surface area contributed by atoms with Gasteiger partial charge in [0.1, 0.15) is 5.75 Å². The van der Waals surface area contributed by atoms with E-state index in [-0.39, 0.29) is 16.8 Å². The molecule has 2 rings (SSSR count). The fraction of sp³-hybridized carbons (Fsp3) is 0.278. The first-order chi connectivity index (χ1) is 11.9. The highest BCUT2D eigenvalue weighted by atomic mass is 32.2. The highest BCUT2D eigenvalue weighted by Crippen LogP contribution is 2.21. The van der Waals surface area contributed by atoms with E-state index in [2.05, 4.69) is 10.0 Å². The molecule has 0 radical (unpaired) electrons. The van der Waals surface area contributed by atoms with Crippen LogP contribution in [0, 0.1) is 0 Å². The van der Waals surface area contributed by atoms with Crippen molar-refractivity contribution >= 4 is 21.6 Å². The lowest BCUT2D eigenvalue weighted by atomic mass is 10.2. The summed E-state index contributed by atoms with van der Waals surface area (Å²) in [4.78, 5) is 12.1. The minimum absolute atomic E-state index is 0.0608. The number of methoxy groups -OCH3 is 1. The smallest absolute Gasteiger partial charge is 0.261 e. The molecule has 25 heavy (non-hydrogen) atoms. The van der Waals surface area contributed by atoms with E-state index in [0.717, 1.165) is 6.42 Å². The molecule has 0 aliphatic carbocycles. The summed E-state index contributed by atoms with van der Waals surface area (Å²) >= 11 is 0. The number of sulfonamides is 1. The summed E-state index contributed by atoms with van der Waals surface area (Å²) in [5.41, 5.74) is 0.818. The molecule has 0 aliphatic heterocycles. The highest BCUT2D eigenvalue weighted by molar-refractivity contribution is 7.92. The van der Waals surface area contributed by atoms with Crippen molar-refractivity contribution in [3.05, 3.63) is 54.1 Å². The van der Waals surface area contributed by atoms with Crippen LogP contribution in [0.4, 0.5) is 5.69 Å². The standard InChI is InChI=1S/C18H22N2O4S/c1-4-13(2)19-18(21)14-8-10-17(11-9-14)25(22,23)20-15-6-5-7-16(12-15)24-3/h5-13,20H,4H2,1-3H3,(H,19,21). The van der Waals surface area contributed by atoms with Crippen LogP contribution in [-0.2, 0) is 10.0 Å². The number of rotatable bonds is 7. The fourth-order valence-electron chi connectivity index (χ4n) is 2.10. The summed E-state index contributed by atoms with van der Waals surface area (Å²) in [6, 6.07) is 12.5. The number of ether oxygens (including phenoxy) is 1. The first kappa shape index (κ1) is 18.8. The molecule has 0 fully saturated rings. The molecule has 0 aliphatic rings. The van der Waals surface area contributed by atoms with Crippen LogP contribution in [-0.4, -0.2) is 27.5 Å². The molecular weight excluding hydrogens is 340 g/mol. The molecule has 0 saturated carbocycles. The van der Waals surface area contributed by atoms with Gasteiger partial charge in [0.05, 0.1) is 17.7 Å². The predicted octanol–water partition coefficient (Wildman–Crippen LogP) is 3.02. The van der Waals surface area contributed by atoms with Gasteiger partial charge < -0.3 is 10.1 Å². The Balaban J connectivity index is 2.15. The zero-order valence-corrected chi connectivity index (χ0v) is 15.3. The molecule has 2 aromatic carbocycles. The van der Waals surface area contributed by atoms with E-state index in [1.54, 1.807) is 24.3 Å². The molecule has 0 bridgehead atoms. The van der Waals surface area contributed by atoms with Crippen molar-refractivity contribution in [1.82, 2.24) is 5.32 Å². The van der Waals surface area contributed by atoms with Gasteiger partial charge in [-0.2, -0.15) is 0 Å². The molecule has 0 aromatic heterocycles. The molecular formula is C18H22N2O4S. The SMILES string of the molecule is CCC(C)NC(=O)c1ccc(S(=O)(=O)Nc2cccc(OC)c2)cc1. The Hall–Kier alpha value is -2.54. The van der Waals surface area contributed by atoms with Gasteiger partial charge in [0.25, 0.3) is 15.9 Å². The number of nitrogens with one attached hydrogen (secondary N) is 2. The fourth-order valence-corrected chi connectivity index (χ4v) is 3.14. The topological polar surface area (TPSA) is 84.5 Å². The summed E-state index contributed by atoms with van der Waals surface area (Å²) in [6.07, 6.45) is 0.822. The van der Waals surface area contributed by atoms with Gasteiger partial charge in [-0.25, -0.2) is 8.42 Å². The minimum Gasteiger partial charge on any atom is -0.497 e. The van der Waals surface area contributed by atoms with Crippen LogP contribution in [0.25, 0.3) is 0 Å². The van der Waals surface area contributed by atoms with Crippen LogP contribution in [0.2, 0.25) is 0 Å². The molecule has 6 nitrogen and oxygen atoms in total. The Morgan fingerprint density at radius 1 is 1.16 bits per heavy atom. The van der Waals surface area contributed by atoms with Gasteiger partial charge in [-0.3, -0.25) is 9.52 Å². The van der Waals surface area contributed by atoms with Crippen LogP contribution in [0.3, 0.4) is 0 Å². The maximum Gasteiger partial charge on any atom is 0.261 e. The van der Waals surface area contributed by atoms with Crippen molar-refractivity contribution in [3.63, 3.8) is 0 Å². The normalized spacial score (nSPS) is 12.3. The molecule has 134 valence electrons. The zero-order chi connectivity index (χ0) is 18.4. The van der Waals surface area contributed by atoms with E-state index >= 15 is 0 Å². The third-order valence-corrected chi connectivity index (χ3v) is 5.14. The minimum atomic E-state index is -3.75. The Morgan fingerprint density at radius 3 is 2.44 bits per heavy atom. The average molecular weight is 362 g/mol. The first-order valence-corrected chi connectivity index (χ1v) is 9.42. The molecule has 1 unspecified atom stereocenters. The van der Waals surface area contributed by atoms with Crippen molar-refractivity contribution in [2.24, 2.45) is 0 Å². The number of benzene rings is 2. The lowest BCUT2D eigenvalue weighted by Crippen LogP contribution is -2.31. The second kappa shape index (κ2) is 8.02. The molecule has 2 aromatic rings. The van der Waals surface area contributed by atoms with E-state index in [1.807, 2.05) is 13.8 Å². The first-order valence-electron chi connectivity index (χ1n) is 7.93. The van der Waals surface area contributed by atoms with Gasteiger partial charge in [0.2, 0.25) is 0 Å². The molecule has 1 amide bonds. The van der Waals surface area contributed by atoms with Gasteiger partial charge in [0, 0.05) is 17.7 Å². The van der Waals surface area contributed by atoms with Gasteiger partial charge in [-0.1, -0.05) is 13.0 Å². The highest BCUT2D eigenvalue weighted by Gasteiger charge is 2.16. The van der Waals surface area contributed by atoms with Gasteiger partial charge in [0.15, 0.2) is 0 Å². The number of carbonyl (C=O) groups excluding carboxylic acids is 1. The largest absolute Gasteiger partial charge is 0.497 e. The maximum absolute atomic E-state index is 12.5. The van der Waals surface area contributed by atoms with Gasteiger partial charge in [-0.15, -0.1) is 0 Å². The molecule has 0 saturated heterocycles. The van der Waals surface area contributed by atoms with Crippen molar-refractivity contribution in [1.29, 1.82) is 0 Å². The summed E-state index contributed by atoms with van der Waals surface area (Å²) in [7, 11) is -2.24. The van der Waals surface area contributed by atoms with E-state index in [1.165, 1.54) is 31.4 Å². The monoisotopic (exact) mass is 362 g/mol. The third kappa shape index (κ3) is 4.96. The van der Waals surface area contributed by atoms with Crippen molar-refractivity contribution in [2.45, 2.75) is 31.2 Å². The maximum atomic E-state index is 12.5. The van der Waals surface area contributed by atoms with E-state index in [9.17, 15) is 13.2 Å². The predicted molar refractivity (Wildman–Crippen MR) is 97.5 cm³/mol. The summed E-state index contributed by atoms with van der Waals surface area (Å²) < 4.78 is 32.5. The molecule has 7 heteroatoms. The van der Waals surface area contributed by atoms with Crippen LogP contribution in [0.1, 0.15) is 30.6 Å². The summed E-state index contributed by atoms with van der Waals surface area (Å²) in [6.45, 7) is 3.89. The molecule has 0 heterocycles. The second-order valence-electron chi connectivity index (χ2n) is 5.64. The van der Waals surface area contributed by atoms with Crippen LogP contribution >= 0.6 is 0 Å². The number of amides is 1. The Morgan fingerprint density at radius 2 is 1.84 bits per heavy atom. The van der Waals surface area contributed by atoms with Crippen molar-refractivity contribution in [2.75, 3.05) is 11.8 Å². The lowest BCUT2D eigenvalue weighted by molar-refractivity contribution is 0.0939. The Labute approximate surface area is 148 Å². The number of carbonyl (C=O) groups is 1. The van der Waals surface area contributed by atoms with Crippen LogP contribution in [0.15, 0.2) is 53.4 Å². The average Bonchev–Trinajstić information content (AvgIpc) is 2.61. The molecule has 0 spiro atoms. The van der Waals surface area contributed by atoms with Gasteiger partial charge >= 0.3 is 0 Å². The number of anilines is 1. The number of hydrogen-bond acceptors (Lipinski definition) is 4. The van der Waals surface area contributed by atoms with E-state index in [0.29, 0.717) is 17.0 Å². The number of hydrogen-bond donors (Lipinski definition) is 2. The van der Waals surface area contributed by atoms with Gasteiger partial charge in [-0.05, 0) is 49.7 Å². The summed E-state index contributed by atoms with van der Waals surface area (Å²) in [5.74, 6) is 0.330. The van der Waals surface area contributed by atoms with Crippen molar-refractivity contribution in [3.8, 4) is 5.75 Å². The van der Waals surface area contributed by atoms with E-state index in [4.69, 9.17) is 4.74 Å². The van der Waals surface area contributed by atoms with Crippen molar-refractivity contribution < 1.29 is 17.9 Å². The quantitative estimate of drug-likeness (QED) is 0.793. The molecule has 2 N–H and O–H groups in total. The zero-order valence-electron chi connectivity index (χ0n) is 14.4.